The molecule has 5 aromatic rings. The van der Waals surface area contributed by atoms with Crippen molar-refractivity contribution < 1.29 is 18.3 Å². The van der Waals surface area contributed by atoms with Gasteiger partial charge in [-0.2, -0.15) is 4.72 Å². The first-order valence-electron chi connectivity index (χ1n) is 13.0. The fraction of sp³-hybridized carbons (Fsp3) is 0.125. The van der Waals surface area contributed by atoms with E-state index in [4.69, 9.17) is 16.6 Å². The molecular formula is C32H27ClN2O4S2. The fourth-order valence-electron chi connectivity index (χ4n) is 4.40. The van der Waals surface area contributed by atoms with Gasteiger partial charge in [-0.15, -0.1) is 11.3 Å². The lowest BCUT2D eigenvalue weighted by molar-refractivity contribution is -0.138. The zero-order chi connectivity index (χ0) is 29.0. The maximum atomic E-state index is 13.1. The molecule has 1 unspecified atom stereocenters. The highest BCUT2D eigenvalue weighted by Gasteiger charge is 2.26. The van der Waals surface area contributed by atoms with E-state index in [9.17, 15) is 18.3 Å². The molecule has 0 aliphatic heterocycles. The summed E-state index contributed by atoms with van der Waals surface area (Å²) < 4.78 is 28.6. The number of nitrogens with one attached hydrogen (secondary N) is 1. The molecule has 1 aromatic heterocycles. The quantitative estimate of drug-likeness (QED) is 0.174. The van der Waals surface area contributed by atoms with Gasteiger partial charge in [-0.05, 0) is 53.8 Å². The van der Waals surface area contributed by atoms with E-state index in [0.717, 1.165) is 44.3 Å². The summed E-state index contributed by atoms with van der Waals surface area (Å²) in [6.07, 6.45) is 0.974. The molecule has 2 N–H and O–H groups in total. The van der Waals surface area contributed by atoms with E-state index in [1.54, 1.807) is 47.7 Å². The minimum Gasteiger partial charge on any atom is -0.480 e. The second-order valence-corrected chi connectivity index (χ2v) is 12.6. The number of carboxylic acid groups (broad SMARTS) is 1. The monoisotopic (exact) mass is 602 g/mol. The average Bonchev–Trinajstić information content (AvgIpc) is 3.43. The molecule has 1 atom stereocenters. The molecule has 9 heteroatoms. The van der Waals surface area contributed by atoms with Gasteiger partial charge in [0.25, 0.3) is 0 Å². The van der Waals surface area contributed by atoms with Gasteiger partial charge in [0.05, 0.1) is 15.5 Å². The molecule has 0 saturated heterocycles. The van der Waals surface area contributed by atoms with Crippen LogP contribution in [0.15, 0.2) is 108 Å². The predicted molar refractivity (Wildman–Crippen MR) is 165 cm³/mol. The summed E-state index contributed by atoms with van der Waals surface area (Å²) in [5, 5.41) is 11.1. The highest BCUT2D eigenvalue weighted by atomic mass is 35.5. The van der Waals surface area contributed by atoms with Crippen LogP contribution in [0.25, 0.3) is 32.3 Å². The van der Waals surface area contributed by atoms with Gasteiger partial charge in [-0.3, -0.25) is 4.79 Å². The van der Waals surface area contributed by atoms with Crippen molar-refractivity contribution in [2.24, 2.45) is 0 Å². The van der Waals surface area contributed by atoms with Crippen LogP contribution in [0.3, 0.4) is 0 Å². The maximum Gasteiger partial charge on any atom is 0.322 e. The van der Waals surface area contributed by atoms with E-state index in [1.165, 1.54) is 17.7 Å². The fourth-order valence-corrected chi connectivity index (χ4v) is 6.81. The van der Waals surface area contributed by atoms with Crippen molar-refractivity contribution in [1.82, 2.24) is 9.71 Å². The Kier molecular flexibility index (Phi) is 8.65. The van der Waals surface area contributed by atoms with E-state index in [0.29, 0.717) is 5.02 Å². The third-order valence-electron chi connectivity index (χ3n) is 6.66. The number of hydrogen-bond acceptors (Lipinski definition) is 5. The number of carbonyl (C=O) groups is 1. The number of thiazole rings is 1. The molecule has 0 aliphatic carbocycles. The van der Waals surface area contributed by atoms with Gasteiger partial charge >= 0.3 is 5.97 Å². The number of aromatic nitrogens is 1. The summed E-state index contributed by atoms with van der Waals surface area (Å²) in [7, 11) is -4.10. The minimum atomic E-state index is -4.10. The van der Waals surface area contributed by atoms with Crippen LogP contribution < -0.4 is 4.72 Å². The van der Waals surface area contributed by atoms with Crippen LogP contribution >= 0.6 is 22.9 Å². The molecule has 1 heterocycles. The number of halogens is 1. The van der Waals surface area contributed by atoms with Crippen LogP contribution in [-0.2, 0) is 27.7 Å². The summed E-state index contributed by atoms with van der Waals surface area (Å²) >= 11 is 7.69. The van der Waals surface area contributed by atoms with Crippen LogP contribution in [0.4, 0.5) is 0 Å². The average molecular weight is 603 g/mol. The Bertz CT molecular complexity index is 1750. The summed E-state index contributed by atoms with van der Waals surface area (Å²) in [5.74, 6) is -1.25. The van der Waals surface area contributed by atoms with Crippen LogP contribution in [0.5, 0.6) is 0 Å². The first kappa shape index (κ1) is 28.7. The number of benzene rings is 4. The molecule has 0 bridgehead atoms. The minimum absolute atomic E-state index is 0.0266. The van der Waals surface area contributed by atoms with Crippen LogP contribution in [0.1, 0.15) is 18.1 Å². The second kappa shape index (κ2) is 12.4. The highest BCUT2D eigenvalue weighted by Crippen LogP contribution is 2.41. The lowest BCUT2D eigenvalue weighted by atomic mass is 10.1. The van der Waals surface area contributed by atoms with Crippen LogP contribution in [-0.4, -0.2) is 30.5 Å². The summed E-state index contributed by atoms with van der Waals surface area (Å²) in [6.45, 7) is 2.11. The van der Waals surface area contributed by atoms with E-state index in [1.807, 2.05) is 30.3 Å². The number of carboxylic acids is 1. The number of sulfonamides is 1. The first-order chi connectivity index (χ1) is 19.7. The second-order valence-electron chi connectivity index (χ2n) is 9.48. The normalized spacial score (nSPS) is 12.2. The van der Waals surface area contributed by atoms with E-state index in [-0.39, 0.29) is 11.3 Å². The largest absolute Gasteiger partial charge is 0.480 e. The van der Waals surface area contributed by atoms with Gasteiger partial charge in [0.15, 0.2) is 0 Å². The molecule has 0 spiro atoms. The first-order valence-corrected chi connectivity index (χ1v) is 15.7. The van der Waals surface area contributed by atoms with E-state index >= 15 is 0 Å². The molecule has 0 aliphatic rings. The van der Waals surface area contributed by atoms with Crippen molar-refractivity contribution in [1.29, 1.82) is 0 Å². The Balaban J connectivity index is 1.46. The molecule has 0 fully saturated rings. The van der Waals surface area contributed by atoms with Crippen molar-refractivity contribution in [3.8, 4) is 32.3 Å². The lowest BCUT2D eigenvalue weighted by Crippen LogP contribution is -2.42. The zero-order valence-electron chi connectivity index (χ0n) is 22.1. The molecule has 0 radical (unpaired) electrons. The van der Waals surface area contributed by atoms with Gasteiger partial charge in [0, 0.05) is 16.1 Å². The Morgan fingerprint density at radius 2 is 1.46 bits per heavy atom. The van der Waals surface area contributed by atoms with Gasteiger partial charge in [-0.1, -0.05) is 97.4 Å². The number of rotatable bonds is 10. The van der Waals surface area contributed by atoms with E-state index in [2.05, 4.69) is 35.9 Å². The Morgan fingerprint density at radius 3 is 2.07 bits per heavy atom. The van der Waals surface area contributed by atoms with Crippen molar-refractivity contribution in [2.75, 3.05) is 0 Å². The molecule has 5 rings (SSSR count). The topological polar surface area (TPSA) is 96.4 Å². The molecule has 6 nitrogen and oxygen atoms in total. The molecule has 4 aromatic carbocycles. The summed E-state index contributed by atoms with van der Waals surface area (Å²) in [4.78, 5) is 17.7. The summed E-state index contributed by atoms with van der Waals surface area (Å²) in [6, 6.07) is 29.7. The summed E-state index contributed by atoms with van der Waals surface area (Å²) in [5.41, 5.74) is 5.35. The Hall–Kier alpha value is -3.82. The molecule has 0 amide bonds. The van der Waals surface area contributed by atoms with Gasteiger partial charge in [0.2, 0.25) is 10.0 Å². The molecule has 208 valence electrons. The standard InChI is InChI=1S/C32H27ClN2O4S2/c1-2-21-8-10-25(11-9-21)31-34-29(30(40-31)24-12-16-26(33)17-13-24)23-14-18-27(19-15-23)41(38,39)35-28(32(36)37)20-22-6-4-3-5-7-22/h3-19,28,35H,2,20H2,1H3,(H,36,37). The van der Waals surface area contributed by atoms with E-state index < -0.39 is 22.0 Å². The Labute approximate surface area is 248 Å². The lowest BCUT2D eigenvalue weighted by Gasteiger charge is -2.15. The van der Waals surface area contributed by atoms with Crippen molar-refractivity contribution >= 4 is 38.9 Å². The predicted octanol–water partition coefficient (Wildman–Crippen LogP) is 7.33. The third kappa shape index (κ3) is 6.74. The zero-order valence-corrected chi connectivity index (χ0v) is 24.5. The third-order valence-corrected chi connectivity index (χ3v) is 9.55. The molecular weight excluding hydrogens is 576 g/mol. The molecule has 41 heavy (non-hydrogen) atoms. The van der Waals surface area contributed by atoms with Crippen LogP contribution in [0, 0.1) is 0 Å². The highest BCUT2D eigenvalue weighted by molar-refractivity contribution is 7.89. The molecule has 0 saturated carbocycles. The maximum absolute atomic E-state index is 13.1. The smallest absolute Gasteiger partial charge is 0.322 e. The van der Waals surface area contributed by atoms with Gasteiger partial charge in [-0.25, -0.2) is 13.4 Å². The number of nitrogens with zero attached hydrogens (tertiary/aromatic N) is 1. The van der Waals surface area contributed by atoms with Crippen molar-refractivity contribution in [3.63, 3.8) is 0 Å². The number of aliphatic carboxylic acids is 1. The number of hydrogen-bond donors (Lipinski definition) is 2. The SMILES string of the molecule is CCc1ccc(-c2nc(-c3ccc(S(=O)(=O)NC(Cc4ccccc4)C(=O)O)cc3)c(-c3ccc(Cl)cc3)s2)cc1. The van der Waals surface area contributed by atoms with Gasteiger partial charge < -0.3 is 5.11 Å². The van der Waals surface area contributed by atoms with Crippen LogP contribution in [0.2, 0.25) is 5.02 Å². The van der Waals surface area contributed by atoms with Crippen molar-refractivity contribution in [2.45, 2.75) is 30.7 Å². The Morgan fingerprint density at radius 1 is 0.854 bits per heavy atom. The number of aryl methyl sites for hydroxylation is 1. The van der Waals surface area contributed by atoms with Gasteiger partial charge in [0.1, 0.15) is 11.0 Å². The van der Waals surface area contributed by atoms with Crippen molar-refractivity contribution in [3.05, 3.63) is 119 Å².